The van der Waals surface area contributed by atoms with Gasteiger partial charge in [-0.05, 0) is 31.9 Å². The van der Waals surface area contributed by atoms with Crippen LogP contribution in [0.2, 0.25) is 0 Å². The summed E-state index contributed by atoms with van der Waals surface area (Å²) in [5, 5.41) is 21.3. The molecule has 1 amide bonds. The smallest absolute Gasteiger partial charge is 0.252 e. The molecule has 0 fully saturated rings. The third-order valence-corrected chi connectivity index (χ3v) is 3.29. The van der Waals surface area contributed by atoms with Gasteiger partial charge < -0.3 is 15.5 Å². The molecule has 0 aromatic heterocycles. The average molecular weight is 251 g/mol. The van der Waals surface area contributed by atoms with E-state index < -0.39 is 5.54 Å². The lowest BCUT2D eigenvalue weighted by Crippen LogP contribution is -2.53. The second kappa shape index (κ2) is 5.98. The van der Waals surface area contributed by atoms with Crippen LogP contribution in [-0.2, 0) is 0 Å². The summed E-state index contributed by atoms with van der Waals surface area (Å²) in [6.45, 7) is 5.09. The number of aliphatic hydroxyl groups is 2. The molecule has 100 valence electrons. The minimum atomic E-state index is -0.950. The Balaban J connectivity index is 2.94. The number of nitrogens with one attached hydrogen (secondary N) is 1. The normalized spacial score (nSPS) is 11.4. The van der Waals surface area contributed by atoms with Crippen LogP contribution in [0.15, 0.2) is 18.2 Å². The number of benzene rings is 1. The Morgan fingerprint density at radius 1 is 1.28 bits per heavy atom. The summed E-state index contributed by atoms with van der Waals surface area (Å²) in [4.78, 5) is 12.1. The van der Waals surface area contributed by atoms with Crippen LogP contribution in [0, 0.1) is 13.8 Å². The van der Waals surface area contributed by atoms with E-state index in [0.717, 1.165) is 11.1 Å². The van der Waals surface area contributed by atoms with Gasteiger partial charge in [0.15, 0.2) is 0 Å². The Morgan fingerprint density at radius 2 is 1.89 bits per heavy atom. The first kappa shape index (κ1) is 14.7. The lowest BCUT2D eigenvalue weighted by Gasteiger charge is -2.30. The summed E-state index contributed by atoms with van der Waals surface area (Å²) in [5.41, 5.74) is 1.60. The summed E-state index contributed by atoms with van der Waals surface area (Å²) < 4.78 is 0. The summed E-state index contributed by atoms with van der Waals surface area (Å²) in [6.07, 6.45) is 0.469. The molecular weight excluding hydrogens is 230 g/mol. The number of aliphatic hydroxyl groups excluding tert-OH is 2. The molecule has 0 bridgehead atoms. The molecule has 4 heteroatoms. The van der Waals surface area contributed by atoms with Crippen LogP contribution in [0.5, 0.6) is 0 Å². The van der Waals surface area contributed by atoms with Crippen molar-refractivity contribution >= 4 is 5.91 Å². The van der Waals surface area contributed by atoms with Gasteiger partial charge in [0.2, 0.25) is 0 Å². The van der Waals surface area contributed by atoms with E-state index in [9.17, 15) is 15.0 Å². The third-order valence-electron chi connectivity index (χ3n) is 3.29. The molecule has 0 saturated heterocycles. The highest BCUT2D eigenvalue weighted by molar-refractivity contribution is 5.96. The molecule has 18 heavy (non-hydrogen) atoms. The number of carbonyl (C=O) groups excluding carboxylic acids is 1. The molecule has 0 unspecified atom stereocenters. The minimum Gasteiger partial charge on any atom is -0.394 e. The van der Waals surface area contributed by atoms with Crippen molar-refractivity contribution < 1.29 is 15.0 Å². The van der Waals surface area contributed by atoms with E-state index in [2.05, 4.69) is 5.32 Å². The van der Waals surface area contributed by atoms with E-state index in [1.54, 1.807) is 6.07 Å². The summed E-state index contributed by atoms with van der Waals surface area (Å²) in [5.74, 6) is -0.266. The molecule has 0 atom stereocenters. The molecule has 3 N–H and O–H groups in total. The summed E-state index contributed by atoms with van der Waals surface area (Å²) in [6, 6.07) is 5.56. The second-order valence-corrected chi connectivity index (χ2v) is 4.72. The van der Waals surface area contributed by atoms with Crippen molar-refractivity contribution in [1.29, 1.82) is 0 Å². The first-order chi connectivity index (χ1) is 8.48. The zero-order valence-corrected chi connectivity index (χ0v) is 11.2. The molecule has 1 rings (SSSR count). The van der Waals surface area contributed by atoms with Gasteiger partial charge in [-0.15, -0.1) is 0 Å². The van der Waals surface area contributed by atoms with E-state index in [0.29, 0.717) is 12.0 Å². The number of rotatable bonds is 5. The Hall–Kier alpha value is -1.39. The van der Waals surface area contributed by atoms with Crippen molar-refractivity contribution in [2.24, 2.45) is 0 Å². The maximum absolute atomic E-state index is 12.1. The quantitative estimate of drug-likeness (QED) is 0.735. The first-order valence-corrected chi connectivity index (χ1v) is 6.09. The Kier molecular flexibility index (Phi) is 4.87. The van der Waals surface area contributed by atoms with Gasteiger partial charge in [-0.1, -0.05) is 24.6 Å². The number of hydrogen-bond acceptors (Lipinski definition) is 3. The van der Waals surface area contributed by atoms with E-state index in [-0.39, 0.29) is 19.1 Å². The third kappa shape index (κ3) is 3.09. The van der Waals surface area contributed by atoms with E-state index in [1.165, 1.54) is 0 Å². The summed E-state index contributed by atoms with van der Waals surface area (Å²) in [7, 11) is 0. The van der Waals surface area contributed by atoms with Crippen molar-refractivity contribution in [1.82, 2.24) is 5.32 Å². The molecule has 0 aliphatic rings. The summed E-state index contributed by atoms with van der Waals surface area (Å²) >= 11 is 0. The van der Waals surface area contributed by atoms with Gasteiger partial charge in [0.1, 0.15) is 0 Å². The predicted octanol–water partition coefficient (Wildman–Crippen LogP) is 1.17. The van der Waals surface area contributed by atoms with Crippen LogP contribution in [0.4, 0.5) is 0 Å². The monoisotopic (exact) mass is 251 g/mol. The zero-order chi connectivity index (χ0) is 13.8. The van der Waals surface area contributed by atoms with E-state index >= 15 is 0 Å². The predicted molar refractivity (Wildman–Crippen MR) is 70.6 cm³/mol. The zero-order valence-electron chi connectivity index (χ0n) is 11.2. The van der Waals surface area contributed by atoms with Gasteiger partial charge in [0.05, 0.1) is 18.8 Å². The maximum Gasteiger partial charge on any atom is 0.252 e. The molecule has 0 spiro atoms. The molecular formula is C14H21NO3. The van der Waals surface area contributed by atoms with Crippen molar-refractivity contribution in [3.63, 3.8) is 0 Å². The van der Waals surface area contributed by atoms with Gasteiger partial charge >= 0.3 is 0 Å². The van der Waals surface area contributed by atoms with Crippen molar-refractivity contribution in [2.45, 2.75) is 32.7 Å². The number of hydrogen-bond donors (Lipinski definition) is 3. The van der Waals surface area contributed by atoms with Gasteiger partial charge in [-0.25, -0.2) is 0 Å². The van der Waals surface area contributed by atoms with Crippen LogP contribution < -0.4 is 5.32 Å². The van der Waals surface area contributed by atoms with Crippen LogP contribution in [0.1, 0.15) is 34.8 Å². The van der Waals surface area contributed by atoms with Crippen LogP contribution in [0.25, 0.3) is 0 Å². The molecule has 0 aliphatic carbocycles. The number of aryl methyl sites for hydroxylation is 2. The Labute approximate surface area is 108 Å². The molecule has 0 radical (unpaired) electrons. The van der Waals surface area contributed by atoms with Gasteiger partial charge in [-0.3, -0.25) is 4.79 Å². The van der Waals surface area contributed by atoms with Crippen LogP contribution in [-0.4, -0.2) is 34.9 Å². The highest BCUT2D eigenvalue weighted by atomic mass is 16.3. The Bertz CT molecular complexity index is 417. The second-order valence-electron chi connectivity index (χ2n) is 4.72. The molecule has 1 aromatic carbocycles. The van der Waals surface area contributed by atoms with Crippen LogP contribution in [0.3, 0.4) is 0 Å². The highest BCUT2D eigenvalue weighted by Crippen LogP contribution is 2.14. The molecule has 0 aliphatic heterocycles. The lowest BCUT2D eigenvalue weighted by molar-refractivity contribution is 0.0652. The topological polar surface area (TPSA) is 69.6 Å². The lowest BCUT2D eigenvalue weighted by atomic mass is 9.97. The molecule has 0 saturated carbocycles. The fourth-order valence-electron chi connectivity index (χ4n) is 1.82. The van der Waals surface area contributed by atoms with Crippen molar-refractivity contribution in [2.75, 3.05) is 13.2 Å². The van der Waals surface area contributed by atoms with E-state index in [4.69, 9.17) is 0 Å². The standard InChI is InChI=1S/C14H21NO3/c1-4-14(8-16,9-17)15-13(18)12-6-5-10(2)7-11(12)3/h5-7,16-17H,4,8-9H2,1-3H3,(H,15,18). The number of amides is 1. The molecule has 4 nitrogen and oxygen atoms in total. The first-order valence-electron chi connectivity index (χ1n) is 6.09. The SMILES string of the molecule is CCC(CO)(CO)NC(=O)c1ccc(C)cc1C. The average Bonchev–Trinajstić information content (AvgIpc) is 2.36. The van der Waals surface area contributed by atoms with Gasteiger partial charge in [0.25, 0.3) is 5.91 Å². The van der Waals surface area contributed by atoms with Crippen molar-refractivity contribution in [3.05, 3.63) is 34.9 Å². The van der Waals surface area contributed by atoms with Crippen molar-refractivity contribution in [3.8, 4) is 0 Å². The largest absolute Gasteiger partial charge is 0.394 e. The van der Waals surface area contributed by atoms with Crippen LogP contribution >= 0.6 is 0 Å². The molecule has 1 aromatic rings. The minimum absolute atomic E-state index is 0.266. The molecule has 0 heterocycles. The fraction of sp³-hybridized carbons (Fsp3) is 0.500. The Morgan fingerprint density at radius 3 is 2.33 bits per heavy atom. The van der Waals surface area contributed by atoms with Gasteiger partial charge in [-0.2, -0.15) is 0 Å². The van der Waals surface area contributed by atoms with E-state index in [1.807, 2.05) is 32.9 Å². The fourth-order valence-corrected chi connectivity index (χ4v) is 1.82. The highest BCUT2D eigenvalue weighted by Gasteiger charge is 2.29. The number of carbonyl (C=O) groups is 1. The van der Waals surface area contributed by atoms with Gasteiger partial charge in [0, 0.05) is 5.56 Å². The maximum atomic E-state index is 12.1.